The molecule has 112 valence electrons. The third kappa shape index (κ3) is 3.44. The molecule has 1 fully saturated rings. The Morgan fingerprint density at radius 3 is 2.95 bits per heavy atom. The zero-order valence-corrected chi connectivity index (χ0v) is 14.0. The standard InChI is InChI=1S/C15H23BrN2O2/c1-11(2)18-9-13(16)7-14(18)15(19)17-6-4-5-12(8-17)10-20-3/h7,9,11-12H,4-6,8,10H2,1-3H3. The van der Waals surface area contributed by atoms with Gasteiger partial charge in [0.05, 0.1) is 6.61 Å². The van der Waals surface area contributed by atoms with Crippen molar-refractivity contribution in [1.29, 1.82) is 0 Å². The van der Waals surface area contributed by atoms with Gasteiger partial charge in [0.15, 0.2) is 0 Å². The molecule has 0 spiro atoms. The number of amides is 1. The minimum absolute atomic E-state index is 0.130. The number of hydrogen-bond donors (Lipinski definition) is 0. The summed E-state index contributed by atoms with van der Waals surface area (Å²) in [5.74, 6) is 0.591. The molecular formula is C15H23BrN2O2. The number of hydrogen-bond acceptors (Lipinski definition) is 2. The molecule has 0 bridgehead atoms. The van der Waals surface area contributed by atoms with Crippen molar-refractivity contribution in [3.63, 3.8) is 0 Å². The summed E-state index contributed by atoms with van der Waals surface area (Å²) in [6.45, 7) is 6.56. The average Bonchev–Trinajstić information content (AvgIpc) is 2.81. The largest absolute Gasteiger partial charge is 0.384 e. The average molecular weight is 343 g/mol. The van der Waals surface area contributed by atoms with Crippen LogP contribution in [0.3, 0.4) is 0 Å². The van der Waals surface area contributed by atoms with Crippen molar-refractivity contribution in [3.05, 3.63) is 22.4 Å². The highest BCUT2D eigenvalue weighted by Crippen LogP contribution is 2.23. The second-order valence-corrected chi connectivity index (χ2v) is 6.68. The van der Waals surface area contributed by atoms with Crippen LogP contribution in [0.1, 0.15) is 43.2 Å². The van der Waals surface area contributed by atoms with Crippen LogP contribution in [0.2, 0.25) is 0 Å². The van der Waals surface area contributed by atoms with E-state index in [1.807, 2.05) is 21.7 Å². The lowest BCUT2D eigenvalue weighted by Crippen LogP contribution is -2.41. The summed E-state index contributed by atoms with van der Waals surface area (Å²) in [5, 5.41) is 0. The van der Waals surface area contributed by atoms with Gasteiger partial charge in [-0.2, -0.15) is 0 Å². The molecule has 1 saturated heterocycles. The number of likely N-dealkylation sites (tertiary alicyclic amines) is 1. The van der Waals surface area contributed by atoms with E-state index in [4.69, 9.17) is 4.74 Å². The molecule has 0 N–H and O–H groups in total. The Morgan fingerprint density at radius 2 is 2.30 bits per heavy atom. The molecule has 5 heteroatoms. The van der Waals surface area contributed by atoms with Gasteiger partial charge in [0.25, 0.3) is 5.91 Å². The molecule has 2 heterocycles. The van der Waals surface area contributed by atoms with E-state index in [0.29, 0.717) is 5.92 Å². The number of ether oxygens (including phenoxy) is 1. The van der Waals surface area contributed by atoms with E-state index in [2.05, 4.69) is 29.8 Å². The quantitative estimate of drug-likeness (QED) is 0.840. The normalized spacial score (nSPS) is 19.6. The molecule has 1 atom stereocenters. The summed E-state index contributed by atoms with van der Waals surface area (Å²) in [6, 6.07) is 2.20. The molecule has 1 aromatic heterocycles. The predicted molar refractivity (Wildman–Crippen MR) is 83.0 cm³/mol. The van der Waals surface area contributed by atoms with Crippen LogP contribution in [-0.4, -0.2) is 42.2 Å². The second-order valence-electron chi connectivity index (χ2n) is 5.76. The summed E-state index contributed by atoms with van der Waals surface area (Å²) in [6.07, 6.45) is 4.18. The Balaban J connectivity index is 2.14. The molecule has 1 aromatic rings. The lowest BCUT2D eigenvalue weighted by molar-refractivity contribution is 0.0560. The van der Waals surface area contributed by atoms with E-state index in [0.717, 1.165) is 42.7 Å². The first-order valence-electron chi connectivity index (χ1n) is 7.18. The fourth-order valence-electron chi connectivity index (χ4n) is 2.83. The molecule has 2 rings (SSSR count). The van der Waals surface area contributed by atoms with Gasteiger partial charge >= 0.3 is 0 Å². The minimum Gasteiger partial charge on any atom is -0.384 e. The minimum atomic E-state index is 0.130. The van der Waals surface area contributed by atoms with Gasteiger partial charge in [-0.3, -0.25) is 4.79 Å². The van der Waals surface area contributed by atoms with E-state index in [9.17, 15) is 4.79 Å². The Labute approximate surface area is 129 Å². The van der Waals surface area contributed by atoms with Crippen LogP contribution in [0.15, 0.2) is 16.7 Å². The van der Waals surface area contributed by atoms with E-state index in [1.54, 1.807) is 7.11 Å². The van der Waals surface area contributed by atoms with Crippen molar-refractivity contribution in [2.75, 3.05) is 26.8 Å². The molecule has 1 aliphatic heterocycles. The highest BCUT2D eigenvalue weighted by atomic mass is 79.9. The molecular weight excluding hydrogens is 320 g/mol. The molecule has 0 radical (unpaired) electrons. The molecule has 1 aliphatic rings. The van der Waals surface area contributed by atoms with E-state index >= 15 is 0 Å². The third-order valence-corrected chi connectivity index (χ3v) is 4.23. The maximum atomic E-state index is 12.7. The lowest BCUT2D eigenvalue weighted by atomic mass is 9.99. The van der Waals surface area contributed by atoms with Crippen LogP contribution in [0, 0.1) is 5.92 Å². The second kappa shape index (κ2) is 6.76. The van der Waals surface area contributed by atoms with Crippen molar-refractivity contribution in [1.82, 2.24) is 9.47 Å². The van der Waals surface area contributed by atoms with Gasteiger partial charge in [0.1, 0.15) is 5.69 Å². The van der Waals surface area contributed by atoms with Gasteiger partial charge in [0, 0.05) is 36.9 Å². The van der Waals surface area contributed by atoms with E-state index in [-0.39, 0.29) is 11.9 Å². The Kier molecular flexibility index (Phi) is 5.27. The monoisotopic (exact) mass is 342 g/mol. The van der Waals surface area contributed by atoms with Gasteiger partial charge < -0.3 is 14.2 Å². The maximum absolute atomic E-state index is 12.7. The SMILES string of the molecule is COCC1CCCN(C(=O)c2cc(Br)cn2C(C)C)C1. The molecule has 0 aromatic carbocycles. The van der Waals surface area contributed by atoms with Crippen molar-refractivity contribution < 1.29 is 9.53 Å². The van der Waals surface area contributed by atoms with Crippen LogP contribution in [0.5, 0.6) is 0 Å². The zero-order chi connectivity index (χ0) is 14.7. The highest BCUT2D eigenvalue weighted by Gasteiger charge is 2.26. The number of nitrogens with zero attached hydrogens (tertiary/aromatic N) is 2. The van der Waals surface area contributed by atoms with Crippen molar-refractivity contribution in [3.8, 4) is 0 Å². The molecule has 1 unspecified atom stereocenters. The molecule has 20 heavy (non-hydrogen) atoms. The number of aromatic nitrogens is 1. The zero-order valence-electron chi connectivity index (χ0n) is 12.4. The van der Waals surface area contributed by atoms with Crippen molar-refractivity contribution in [2.24, 2.45) is 5.92 Å². The summed E-state index contributed by atoms with van der Waals surface area (Å²) in [5.41, 5.74) is 0.768. The highest BCUT2D eigenvalue weighted by molar-refractivity contribution is 9.10. The van der Waals surface area contributed by atoms with Crippen LogP contribution in [0.4, 0.5) is 0 Å². The first-order valence-corrected chi connectivity index (χ1v) is 7.97. The first-order chi connectivity index (χ1) is 9.52. The van der Waals surface area contributed by atoms with Gasteiger partial charge in [-0.05, 0) is 54.6 Å². The van der Waals surface area contributed by atoms with Crippen molar-refractivity contribution >= 4 is 21.8 Å². The summed E-state index contributed by atoms with van der Waals surface area (Å²) in [4.78, 5) is 14.7. The number of rotatable bonds is 4. The van der Waals surface area contributed by atoms with Gasteiger partial charge in [-0.1, -0.05) is 0 Å². The summed E-state index contributed by atoms with van der Waals surface area (Å²) >= 11 is 3.47. The van der Waals surface area contributed by atoms with E-state index in [1.165, 1.54) is 0 Å². The third-order valence-electron chi connectivity index (χ3n) is 3.80. The van der Waals surface area contributed by atoms with Gasteiger partial charge in [-0.15, -0.1) is 0 Å². The number of carbonyl (C=O) groups excluding carboxylic acids is 1. The molecule has 1 amide bonds. The fourth-order valence-corrected chi connectivity index (χ4v) is 3.26. The summed E-state index contributed by atoms with van der Waals surface area (Å²) in [7, 11) is 1.72. The predicted octanol–water partition coefficient (Wildman–Crippen LogP) is 3.33. The van der Waals surface area contributed by atoms with Crippen LogP contribution < -0.4 is 0 Å². The smallest absolute Gasteiger partial charge is 0.270 e. The lowest BCUT2D eigenvalue weighted by Gasteiger charge is -2.32. The Morgan fingerprint density at radius 1 is 1.55 bits per heavy atom. The number of methoxy groups -OCH3 is 1. The first kappa shape index (κ1) is 15.6. The number of halogens is 1. The van der Waals surface area contributed by atoms with Crippen LogP contribution >= 0.6 is 15.9 Å². The molecule has 0 aliphatic carbocycles. The Hall–Kier alpha value is -0.810. The van der Waals surface area contributed by atoms with Crippen LogP contribution in [-0.2, 0) is 4.74 Å². The van der Waals surface area contributed by atoms with Crippen LogP contribution in [0.25, 0.3) is 0 Å². The summed E-state index contributed by atoms with van der Waals surface area (Å²) < 4.78 is 8.22. The molecule has 0 saturated carbocycles. The van der Waals surface area contributed by atoms with Gasteiger partial charge in [0.2, 0.25) is 0 Å². The number of piperidine rings is 1. The maximum Gasteiger partial charge on any atom is 0.270 e. The van der Waals surface area contributed by atoms with E-state index < -0.39 is 0 Å². The Bertz CT molecular complexity index is 468. The van der Waals surface area contributed by atoms with Crippen molar-refractivity contribution in [2.45, 2.75) is 32.7 Å². The van der Waals surface area contributed by atoms with Gasteiger partial charge in [-0.25, -0.2) is 0 Å². The fraction of sp³-hybridized carbons (Fsp3) is 0.667. The molecule has 4 nitrogen and oxygen atoms in total. The topological polar surface area (TPSA) is 34.5 Å². The number of carbonyl (C=O) groups is 1.